The summed E-state index contributed by atoms with van der Waals surface area (Å²) in [7, 11) is 1.96. The van der Waals surface area contributed by atoms with E-state index < -0.39 is 0 Å². The third-order valence-electron chi connectivity index (χ3n) is 3.25. The zero-order chi connectivity index (χ0) is 12.7. The lowest BCUT2D eigenvalue weighted by Crippen LogP contribution is -2.28. The molecular formula is C15H25NO. The topological polar surface area (TPSA) is 21.3 Å². The van der Waals surface area contributed by atoms with Gasteiger partial charge in [0, 0.05) is 6.54 Å². The van der Waals surface area contributed by atoms with Gasteiger partial charge in [0.25, 0.3) is 0 Å². The average Bonchev–Trinajstić information content (AvgIpc) is 2.38. The number of nitrogens with one attached hydrogen (secondary N) is 1. The van der Waals surface area contributed by atoms with Gasteiger partial charge < -0.3 is 10.1 Å². The highest BCUT2D eigenvalue weighted by molar-refractivity contribution is 5.29. The molecule has 1 rings (SSSR count). The summed E-state index contributed by atoms with van der Waals surface area (Å²) >= 11 is 0. The minimum atomic E-state index is 0.259. The molecule has 0 aromatic heterocycles. The van der Waals surface area contributed by atoms with E-state index in [9.17, 15) is 0 Å². The smallest absolute Gasteiger partial charge is 0.119 e. The summed E-state index contributed by atoms with van der Waals surface area (Å²) in [6.07, 6.45) is 2.46. The molecule has 2 atom stereocenters. The molecule has 17 heavy (non-hydrogen) atoms. The van der Waals surface area contributed by atoms with E-state index in [2.05, 4.69) is 50.4 Å². The van der Waals surface area contributed by atoms with Crippen molar-refractivity contribution in [2.24, 2.45) is 0 Å². The number of hydrogen-bond donors (Lipinski definition) is 1. The van der Waals surface area contributed by atoms with Crippen LogP contribution in [0.15, 0.2) is 24.3 Å². The Morgan fingerprint density at radius 3 is 2.24 bits per heavy atom. The largest absolute Gasteiger partial charge is 0.489 e. The van der Waals surface area contributed by atoms with E-state index in [0.717, 1.165) is 18.7 Å². The van der Waals surface area contributed by atoms with Crippen LogP contribution in [-0.4, -0.2) is 19.7 Å². The fourth-order valence-corrected chi connectivity index (χ4v) is 1.80. The van der Waals surface area contributed by atoms with Gasteiger partial charge in [0.1, 0.15) is 11.9 Å². The highest BCUT2D eigenvalue weighted by atomic mass is 16.5. The van der Waals surface area contributed by atoms with Gasteiger partial charge >= 0.3 is 0 Å². The van der Waals surface area contributed by atoms with E-state index in [4.69, 9.17) is 4.74 Å². The predicted octanol–water partition coefficient (Wildman–Crippen LogP) is 3.58. The maximum absolute atomic E-state index is 5.91. The van der Waals surface area contributed by atoms with Crippen molar-refractivity contribution in [2.75, 3.05) is 13.6 Å². The highest BCUT2D eigenvalue weighted by Gasteiger charge is 2.07. The van der Waals surface area contributed by atoms with Crippen molar-refractivity contribution >= 4 is 0 Å². The normalized spacial score (nSPS) is 14.4. The summed E-state index contributed by atoms with van der Waals surface area (Å²) in [6, 6.07) is 8.52. The number of likely N-dealkylation sites (N-methyl/N-ethyl adjacent to an activating group) is 1. The van der Waals surface area contributed by atoms with Crippen LogP contribution < -0.4 is 10.1 Å². The molecule has 0 bridgehead atoms. The van der Waals surface area contributed by atoms with Crippen molar-refractivity contribution in [3.63, 3.8) is 0 Å². The Labute approximate surface area is 105 Å². The fraction of sp³-hybridized carbons (Fsp3) is 0.600. The number of ether oxygens (including phenoxy) is 1. The molecule has 0 aliphatic rings. The second-order valence-electron chi connectivity index (χ2n) is 4.58. The van der Waals surface area contributed by atoms with Crippen molar-refractivity contribution in [1.29, 1.82) is 0 Å². The molecule has 2 unspecified atom stereocenters. The SMILES string of the molecule is CCC(CNC)Oc1ccc(C(C)CC)cc1. The Morgan fingerprint density at radius 1 is 1.12 bits per heavy atom. The van der Waals surface area contributed by atoms with E-state index in [1.807, 2.05) is 7.05 Å². The molecule has 0 saturated carbocycles. The molecule has 0 saturated heterocycles. The monoisotopic (exact) mass is 235 g/mol. The van der Waals surface area contributed by atoms with Crippen LogP contribution >= 0.6 is 0 Å². The molecule has 1 aromatic carbocycles. The van der Waals surface area contributed by atoms with Crippen LogP contribution in [0, 0.1) is 0 Å². The lowest BCUT2D eigenvalue weighted by molar-refractivity contribution is 0.196. The first kappa shape index (κ1) is 14.0. The van der Waals surface area contributed by atoms with E-state index in [1.54, 1.807) is 0 Å². The van der Waals surface area contributed by atoms with Gasteiger partial charge in [-0.3, -0.25) is 0 Å². The molecule has 0 spiro atoms. The van der Waals surface area contributed by atoms with Gasteiger partial charge in [-0.2, -0.15) is 0 Å². The molecule has 1 N–H and O–H groups in total. The maximum Gasteiger partial charge on any atom is 0.119 e. The molecule has 0 amide bonds. The minimum absolute atomic E-state index is 0.259. The third kappa shape index (κ3) is 4.39. The van der Waals surface area contributed by atoms with Crippen molar-refractivity contribution in [3.05, 3.63) is 29.8 Å². The van der Waals surface area contributed by atoms with Crippen LogP contribution in [0.4, 0.5) is 0 Å². The number of rotatable bonds is 7. The first-order valence-corrected chi connectivity index (χ1v) is 6.62. The van der Waals surface area contributed by atoms with Gasteiger partial charge in [-0.25, -0.2) is 0 Å². The average molecular weight is 235 g/mol. The first-order chi connectivity index (χ1) is 8.21. The summed E-state index contributed by atoms with van der Waals surface area (Å²) < 4.78 is 5.91. The Morgan fingerprint density at radius 2 is 1.76 bits per heavy atom. The Hall–Kier alpha value is -1.02. The number of benzene rings is 1. The molecule has 2 nitrogen and oxygen atoms in total. The Balaban J connectivity index is 2.61. The molecule has 0 aliphatic heterocycles. The van der Waals surface area contributed by atoms with Crippen LogP contribution in [0.2, 0.25) is 0 Å². The zero-order valence-electron chi connectivity index (χ0n) is 11.5. The zero-order valence-corrected chi connectivity index (χ0v) is 11.5. The van der Waals surface area contributed by atoms with E-state index >= 15 is 0 Å². The molecular weight excluding hydrogens is 210 g/mol. The van der Waals surface area contributed by atoms with Gasteiger partial charge in [0.15, 0.2) is 0 Å². The second kappa shape index (κ2) is 7.33. The van der Waals surface area contributed by atoms with Crippen LogP contribution in [-0.2, 0) is 0 Å². The van der Waals surface area contributed by atoms with Gasteiger partial charge in [-0.15, -0.1) is 0 Å². The van der Waals surface area contributed by atoms with Crippen LogP contribution in [0.3, 0.4) is 0 Å². The van der Waals surface area contributed by atoms with Gasteiger partial charge in [0.2, 0.25) is 0 Å². The van der Waals surface area contributed by atoms with Crippen molar-refractivity contribution < 1.29 is 4.74 Å². The summed E-state index contributed by atoms with van der Waals surface area (Å²) in [5.41, 5.74) is 1.39. The molecule has 0 radical (unpaired) electrons. The predicted molar refractivity (Wildman–Crippen MR) is 73.8 cm³/mol. The van der Waals surface area contributed by atoms with Gasteiger partial charge in [-0.1, -0.05) is 32.9 Å². The molecule has 0 aliphatic carbocycles. The summed E-state index contributed by atoms with van der Waals surface area (Å²) in [6.45, 7) is 7.51. The summed E-state index contributed by atoms with van der Waals surface area (Å²) in [4.78, 5) is 0. The van der Waals surface area contributed by atoms with Gasteiger partial charge in [0.05, 0.1) is 0 Å². The van der Waals surface area contributed by atoms with Crippen LogP contribution in [0.5, 0.6) is 5.75 Å². The second-order valence-corrected chi connectivity index (χ2v) is 4.58. The Bertz CT molecular complexity index is 307. The van der Waals surface area contributed by atoms with Crippen LogP contribution in [0.25, 0.3) is 0 Å². The third-order valence-corrected chi connectivity index (χ3v) is 3.25. The maximum atomic E-state index is 5.91. The standard InChI is InChI=1S/C15H25NO/c1-5-12(3)13-7-9-15(10-8-13)17-14(6-2)11-16-4/h7-10,12,14,16H,5-6,11H2,1-4H3. The molecule has 96 valence electrons. The lowest BCUT2D eigenvalue weighted by atomic mass is 9.99. The molecule has 0 heterocycles. The summed E-state index contributed by atoms with van der Waals surface area (Å²) in [5, 5.41) is 3.15. The Kier molecular flexibility index (Phi) is 6.06. The summed E-state index contributed by atoms with van der Waals surface area (Å²) in [5.74, 6) is 1.60. The fourth-order valence-electron chi connectivity index (χ4n) is 1.80. The first-order valence-electron chi connectivity index (χ1n) is 6.62. The van der Waals surface area contributed by atoms with Crippen molar-refractivity contribution in [3.8, 4) is 5.75 Å². The van der Waals surface area contributed by atoms with Crippen molar-refractivity contribution in [1.82, 2.24) is 5.32 Å². The highest BCUT2D eigenvalue weighted by Crippen LogP contribution is 2.22. The molecule has 1 aromatic rings. The van der Waals surface area contributed by atoms with Gasteiger partial charge in [-0.05, 0) is 43.5 Å². The number of hydrogen-bond acceptors (Lipinski definition) is 2. The van der Waals surface area contributed by atoms with Crippen molar-refractivity contribution in [2.45, 2.75) is 45.6 Å². The van der Waals surface area contributed by atoms with E-state index in [0.29, 0.717) is 5.92 Å². The lowest BCUT2D eigenvalue weighted by Gasteiger charge is -2.18. The van der Waals surface area contributed by atoms with Crippen LogP contribution in [0.1, 0.15) is 45.1 Å². The molecule has 0 fully saturated rings. The minimum Gasteiger partial charge on any atom is -0.489 e. The van der Waals surface area contributed by atoms with E-state index in [1.165, 1.54) is 12.0 Å². The molecule has 2 heteroatoms. The quantitative estimate of drug-likeness (QED) is 0.780. The van der Waals surface area contributed by atoms with E-state index in [-0.39, 0.29) is 6.10 Å².